The lowest BCUT2D eigenvalue weighted by atomic mass is 10.0. The normalized spacial score (nSPS) is 17.0. The second-order valence-corrected chi connectivity index (χ2v) is 5.74. The van der Waals surface area contributed by atoms with Gasteiger partial charge in [0, 0.05) is 25.7 Å². The third kappa shape index (κ3) is 5.09. The van der Waals surface area contributed by atoms with Crippen LogP contribution in [0.15, 0.2) is 18.2 Å². The summed E-state index contributed by atoms with van der Waals surface area (Å²) in [5.74, 6) is 1.63. The molecule has 130 valence electrons. The Balaban J connectivity index is 2.15. The maximum Gasteiger partial charge on any atom is 0.161 e. The predicted molar refractivity (Wildman–Crippen MR) is 92.2 cm³/mol. The van der Waals surface area contributed by atoms with E-state index in [1.807, 2.05) is 13.0 Å². The number of nitrogens with zero attached hydrogens (tertiary/aromatic N) is 1. The van der Waals surface area contributed by atoms with Crippen LogP contribution in [-0.2, 0) is 4.74 Å². The van der Waals surface area contributed by atoms with Gasteiger partial charge in [0.1, 0.15) is 0 Å². The van der Waals surface area contributed by atoms with Crippen LogP contribution in [0, 0.1) is 0 Å². The number of benzene rings is 1. The van der Waals surface area contributed by atoms with E-state index < -0.39 is 0 Å². The highest BCUT2D eigenvalue weighted by atomic mass is 16.5. The summed E-state index contributed by atoms with van der Waals surface area (Å²) in [6, 6.07) is 6.40. The highest BCUT2D eigenvalue weighted by molar-refractivity contribution is 5.44. The lowest BCUT2D eigenvalue weighted by Gasteiger charge is -2.34. The molecule has 5 heteroatoms. The highest BCUT2D eigenvalue weighted by Crippen LogP contribution is 2.32. The Morgan fingerprint density at radius 2 is 1.96 bits per heavy atom. The van der Waals surface area contributed by atoms with Crippen LogP contribution in [-0.4, -0.2) is 51.0 Å². The predicted octanol–water partition coefficient (Wildman–Crippen LogP) is 2.60. The zero-order valence-electron chi connectivity index (χ0n) is 14.4. The molecule has 1 aromatic rings. The molecule has 2 rings (SSSR count). The number of rotatable bonds is 9. The van der Waals surface area contributed by atoms with Gasteiger partial charge < -0.3 is 19.9 Å². The van der Waals surface area contributed by atoms with E-state index in [0.29, 0.717) is 13.2 Å². The third-order valence-electron chi connectivity index (χ3n) is 4.12. The summed E-state index contributed by atoms with van der Waals surface area (Å²) in [5.41, 5.74) is 7.22. The van der Waals surface area contributed by atoms with E-state index in [-0.39, 0.29) is 6.04 Å². The first-order valence-electron chi connectivity index (χ1n) is 8.71. The van der Waals surface area contributed by atoms with Crippen molar-refractivity contribution < 1.29 is 14.2 Å². The molecule has 0 amide bonds. The second-order valence-electron chi connectivity index (χ2n) is 5.74. The Morgan fingerprint density at radius 1 is 1.17 bits per heavy atom. The number of hydrogen-bond acceptors (Lipinski definition) is 5. The van der Waals surface area contributed by atoms with E-state index in [1.54, 1.807) is 0 Å². The fraction of sp³-hybridized carbons (Fsp3) is 0.667. The molecular weight excluding hydrogens is 292 g/mol. The first-order valence-corrected chi connectivity index (χ1v) is 8.71. The highest BCUT2D eigenvalue weighted by Gasteiger charge is 2.22. The number of nitrogens with two attached hydrogens (primary N) is 1. The molecule has 0 spiro atoms. The van der Waals surface area contributed by atoms with Crippen molar-refractivity contribution in [1.82, 2.24) is 4.90 Å². The number of hydrogen-bond donors (Lipinski definition) is 1. The van der Waals surface area contributed by atoms with Crippen molar-refractivity contribution in [1.29, 1.82) is 0 Å². The van der Waals surface area contributed by atoms with Crippen molar-refractivity contribution >= 4 is 0 Å². The number of unbranched alkanes of at least 4 members (excludes halogenated alkanes) is 1. The van der Waals surface area contributed by atoms with E-state index in [0.717, 1.165) is 57.3 Å². The maximum absolute atomic E-state index is 6.04. The zero-order valence-corrected chi connectivity index (χ0v) is 14.4. The van der Waals surface area contributed by atoms with Gasteiger partial charge in [-0.2, -0.15) is 0 Å². The minimum absolute atomic E-state index is 0.197. The maximum atomic E-state index is 6.04. The summed E-state index contributed by atoms with van der Waals surface area (Å²) in [6.45, 7) is 9.45. The van der Waals surface area contributed by atoms with Gasteiger partial charge in [0.15, 0.2) is 11.5 Å². The Kier molecular flexibility index (Phi) is 7.65. The van der Waals surface area contributed by atoms with Crippen molar-refractivity contribution in [2.24, 2.45) is 5.73 Å². The molecule has 1 aromatic carbocycles. The van der Waals surface area contributed by atoms with Crippen molar-refractivity contribution in [3.05, 3.63) is 23.8 Å². The molecule has 2 N–H and O–H groups in total. The smallest absolute Gasteiger partial charge is 0.161 e. The molecule has 1 fully saturated rings. The largest absolute Gasteiger partial charge is 0.490 e. The van der Waals surface area contributed by atoms with Gasteiger partial charge in [0.05, 0.1) is 26.4 Å². The minimum atomic E-state index is 0.197. The Morgan fingerprint density at radius 3 is 2.61 bits per heavy atom. The van der Waals surface area contributed by atoms with Crippen molar-refractivity contribution in [3.8, 4) is 11.5 Å². The molecular formula is C18H30N2O3. The summed E-state index contributed by atoms with van der Waals surface area (Å²) < 4.78 is 17.1. The minimum Gasteiger partial charge on any atom is -0.490 e. The van der Waals surface area contributed by atoms with Crippen molar-refractivity contribution in [2.45, 2.75) is 32.7 Å². The molecule has 1 unspecified atom stereocenters. The van der Waals surface area contributed by atoms with Gasteiger partial charge in [-0.15, -0.1) is 0 Å². The number of ether oxygens (including phenoxy) is 3. The van der Waals surface area contributed by atoms with Gasteiger partial charge in [-0.25, -0.2) is 0 Å². The van der Waals surface area contributed by atoms with E-state index in [1.165, 1.54) is 5.56 Å². The van der Waals surface area contributed by atoms with Gasteiger partial charge in [-0.3, -0.25) is 4.90 Å². The fourth-order valence-corrected chi connectivity index (χ4v) is 2.83. The summed E-state index contributed by atoms with van der Waals surface area (Å²) in [4.78, 5) is 2.38. The summed E-state index contributed by atoms with van der Waals surface area (Å²) >= 11 is 0. The van der Waals surface area contributed by atoms with Gasteiger partial charge in [0.2, 0.25) is 0 Å². The molecule has 0 aliphatic carbocycles. The fourth-order valence-electron chi connectivity index (χ4n) is 2.83. The van der Waals surface area contributed by atoms with Crippen LogP contribution in [0.3, 0.4) is 0 Å². The standard InChI is InChI=1S/C18H30N2O3/c1-3-5-10-23-17-7-6-15(13-18(17)22-4-2)16(14-19)20-8-11-21-12-9-20/h6-7,13,16H,3-5,8-12,14,19H2,1-2H3. The molecule has 1 aliphatic heterocycles. The molecule has 0 bridgehead atoms. The van der Waals surface area contributed by atoms with Crippen LogP contribution < -0.4 is 15.2 Å². The van der Waals surface area contributed by atoms with Crippen LogP contribution in [0.5, 0.6) is 11.5 Å². The first kappa shape index (κ1) is 18.0. The van der Waals surface area contributed by atoms with E-state index in [9.17, 15) is 0 Å². The Labute approximate surface area is 139 Å². The van der Waals surface area contributed by atoms with Crippen LogP contribution >= 0.6 is 0 Å². The van der Waals surface area contributed by atoms with Gasteiger partial charge in [0.25, 0.3) is 0 Å². The SMILES string of the molecule is CCCCOc1ccc(C(CN)N2CCOCC2)cc1OCC. The lowest BCUT2D eigenvalue weighted by Crippen LogP contribution is -2.41. The van der Waals surface area contributed by atoms with Crippen molar-refractivity contribution in [2.75, 3.05) is 46.1 Å². The zero-order chi connectivity index (χ0) is 16.5. The average Bonchev–Trinajstić information content (AvgIpc) is 2.59. The molecule has 5 nitrogen and oxygen atoms in total. The number of morpholine rings is 1. The summed E-state index contributed by atoms with van der Waals surface area (Å²) in [7, 11) is 0. The lowest BCUT2D eigenvalue weighted by molar-refractivity contribution is 0.0178. The second kappa shape index (κ2) is 9.75. The molecule has 1 aliphatic rings. The molecule has 0 saturated carbocycles. The molecule has 1 saturated heterocycles. The van der Waals surface area contributed by atoms with Gasteiger partial charge in [-0.1, -0.05) is 19.4 Å². The van der Waals surface area contributed by atoms with E-state index >= 15 is 0 Å². The quantitative estimate of drug-likeness (QED) is 0.708. The van der Waals surface area contributed by atoms with Crippen LogP contribution in [0.25, 0.3) is 0 Å². The third-order valence-corrected chi connectivity index (χ3v) is 4.12. The summed E-state index contributed by atoms with van der Waals surface area (Å²) in [5, 5.41) is 0. The summed E-state index contributed by atoms with van der Waals surface area (Å²) in [6.07, 6.45) is 2.17. The van der Waals surface area contributed by atoms with Gasteiger partial charge >= 0.3 is 0 Å². The monoisotopic (exact) mass is 322 g/mol. The van der Waals surface area contributed by atoms with Crippen LogP contribution in [0.4, 0.5) is 0 Å². The van der Waals surface area contributed by atoms with Crippen molar-refractivity contribution in [3.63, 3.8) is 0 Å². The topological polar surface area (TPSA) is 57.0 Å². The van der Waals surface area contributed by atoms with Crippen LogP contribution in [0.1, 0.15) is 38.3 Å². The van der Waals surface area contributed by atoms with E-state index in [4.69, 9.17) is 19.9 Å². The average molecular weight is 322 g/mol. The molecule has 1 atom stereocenters. The van der Waals surface area contributed by atoms with Crippen LogP contribution in [0.2, 0.25) is 0 Å². The Bertz CT molecular complexity index is 462. The van der Waals surface area contributed by atoms with Gasteiger partial charge in [-0.05, 0) is 31.0 Å². The first-order chi connectivity index (χ1) is 11.3. The van der Waals surface area contributed by atoms with E-state index in [2.05, 4.69) is 24.0 Å². The molecule has 23 heavy (non-hydrogen) atoms. The Hall–Kier alpha value is -1.30. The molecule has 0 aromatic heterocycles. The molecule has 1 heterocycles. The molecule has 0 radical (unpaired) electrons.